The zero-order valence-corrected chi connectivity index (χ0v) is 33.0. The number of fused-ring (bicyclic) bond motifs is 8. The molecule has 10 rings (SSSR count). The van der Waals surface area contributed by atoms with Crippen LogP contribution in [0.2, 0.25) is 0 Å². The van der Waals surface area contributed by atoms with Crippen molar-refractivity contribution < 1.29 is 4.74 Å². The van der Waals surface area contributed by atoms with Crippen molar-refractivity contribution in [1.29, 1.82) is 0 Å². The Balaban J connectivity index is 1.28. The van der Waals surface area contributed by atoms with Gasteiger partial charge in [0, 0.05) is 26.9 Å². The average Bonchev–Trinajstić information content (AvgIpc) is 3.64. The molecule has 0 amide bonds. The molecule has 1 aromatic heterocycles. The highest BCUT2D eigenvalue weighted by molar-refractivity contribution is 7.19. The van der Waals surface area contributed by atoms with Crippen molar-refractivity contribution in [2.75, 3.05) is 4.90 Å². The van der Waals surface area contributed by atoms with Crippen LogP contribution >= 0.6 is 11.3 Å². The monoisotopic (exact) mass is 701 g/mol. The van der Waals surface area contributed by atoms with E-state index < -0.39 is 0 Å². The standard InChI is InChI=1S/C48H52BNOS/c1-30-26-35-33(21-20-31-16-10-8-11-17-31)34-28-36-39(52-43-40(36)45(2,3)24-25-46(43,4)5)29-37(34)49-41(35)38(27-30)50(32-18-12-9-13-19-32)42-44(49)51-48(7)23-15-14-22-47(42,48)6/h8-13,16-19,26-29,33H,14-15,20-25H2,1-7H3. The molecule has 1 fully saturated rings. The Hall–Kier alpha value is -3.76. The maximum Gasteiger partial charge on any atom is 0.292 e. The zero-order chi connectivity index (χ0) is 35.8. The van der Waals surface area contributed by atoms with Gasteiger partial charge in [-0.25, -0.2) is 0 Å². The van der Waals surface area contributed by atoms with E-state index in [9.17, 15) is 0 Å². The molecule has 264 valence electrons. The number of thiophene rings is 1. The van der Waals surface area contributed by atoms with Crippen LogP contribution in [0.4, 0.5) is 11.4 Å². The number of rotatable bonds is 4. The number of benzene rings is 4. The van der Waals surface area contributed by atoms with Gasteiger partial charge in [-0.2, -0.15) is 0 Å². The van der Waals surface area contributed by atoms with Crippen LogP contribution in [0.1, 0.15) is 125 Å². The van der Waals surface area contributed by atoms with Crippen molar-refractivity contribution in [2.45, 2.75) is 122 Å². The van der Waals surface area contributed by atoms with Crippen LogP contribution in [-0.2, 0) is 22.0 Å². The van der Waals surface area contributed by atoms with E-state index in [1.807, 2.05) is 0 Å². The minimum absolute atomic E-state index is 0.0808. The van der Waals surface area contributed by atoms with Gasteiger partial charge in [-0.15, -0.1) is 11.3 Å². The molecule has 5 aromatic rings. The fourth-order valence-corrected chi connectivity index (χ4v) is 12.8. The lowest BCUT2D eigenvalue weighted by Gasteiger charge is -2.48. The van der Waals surface area contributed by atoms with Gasteiger partial charge in [0.15, 0.2) is 0 Å². The Bertz CT molecular complexity index is 2300. The number of anilines is 2. The molecular weight excluding hydrogens is 649 g/mol. The molecule has 0 N–H and O–H groups in total. The summed E-state index contributed by atoms with van der Waals surface area (Å²) in [6, 6.07) is 32.7. The van der Waals surface area contributed by atoms with E-state index in [1.54, 1.807) is 10.4 Å². The Labute approximate surface area is 315 Å². The third-order valence-corrected chi connectivity index (χ3v) is 15.9. The summed E-state index contributed by atoms with van der Waals surface area (Å²) in [7, 11) is 0. The molecule has 3 atom stereocenters. The van der Waals surface area contributed by atoms with Crippen molar-refractivity contribution in [2.24, 2.45) is 5.41 Å². The fourth-order valence-electron chi connectivity index (χ4n) is 11.3. The summed E-state index contributed by atoms with van der Waals surface area (Å²) >= 11 is 2.09. The molecule has 3 unspecified atom stereocenters. The summed E-state index contributed by atoms with van der Waals surface area (Å²) in [4.78, 5) is 4.26. The smallest absolute Gasteiger partial charge is 0.292 e. The first-order valence-electron chi connectivity index (χ1n) is 20.0. The molecule has 2 aliphatic carbocycles. The zero-order valence-electron chi connectivity index (χ0n) is 32.2. The number of hydrogen-bond donors (Lipinski definition) is 0. The predicted octanol–water partition coefficient (Wildman–Crippen LogP) is 11.5. The van der Waals surface area contributed by atoms with E-state index in [-0.39, 0.29) is 28.6 Å². The van der Waals surface area contributed by atoms with Crippen LogP contribution in [0.25, 0.3) is 10.1 Å². The van der Waals surface area contributed by atoms with Crippen molar-refractivity contribution in [3.8, 4) is 0 Å². The Morgan fingerprint density at radius 1 is 0.788 bits per heavy atom. The molecule has 0 spiro atoms. The van der Waals surface area contributed by atoms with Crippen LogP contribution in [0.3, 0.4) is 0 Å². The summed E-state index contributed by atoms with van der Waals surface area (Å²) < 4.78 is 9.08. The number of hydrogen-bond acceptors (Lipinski definition) is 3. The van der Waals surface area contributed by atoms with Crippen LogP contribution in [0, 0.1) is 12.3 Å². The largest absolute Gasteiger partial charge is 0.498 e. The SMILES string of the molecule is Cc1cc2c3c(c1)N(c1ccccc1)C1=C(OC4(C)CCCCC14C)B3c1cc3sc4c(c3cc1C2CCc1ccccc1)C(C)(C)CCC4(C)C. The lowest BCUT2D eigenvalue weighted by atomic mass is 9.32. The second kappa shape index (κ2) is 11.1. The molecule has 4 aromatic carbocycles. The summed E-state index contributed by atoms with van der Waals surface area (Å²) in [6.07, 6.45) is 9.34. The van der Waals surface area contributed by atoms with Crippen molar-refractivity contribution in [3.05, 3.63) is 129 Å². The molecule has 2 nitrogen and oxygen atoms in total. The molecular formula is C48H52BNOS. The van der Waals surface area contributed by atoms with Gasteiger partial charge in [0.1, 0.15) is 5.60 Å². The number of ether oxygens (including phenoxy) is 1. The highest BCUT2D eigenvalue weighted by Gasteiger charge is 2.62. The molecule has 0 radical (unpaired) electrons. The fraction of sp³-hybridized carbons (Fsp3) is 0.417. The van der Waals surface area contributed by atoms with Gasteiger partial charge in [-0.3, -0.25) is 0 Å². The lowest BCUT2D eigenvalue weighted by molar-refractivity contribution is -0.0559. The van der Waals surface area contributed by atoms with E-state index in [2.05, 4.69) is 150 Å². The lowest BCUT2D eigenvalue weighted by Crippen LogP contribution is -2.57. The van der Waals surface area contributed by atoms with Gasteiger partial charge in [-0.1, -0.05) is 101 Å². The Morgan fingerprint density at radius 3 is 2.27 bits per heavy atom. The van der Waals surface area contributed by atoms with Crippen molar-refractivity contribution in [3.63, 3.8) is 0 Å². The van der Waals surface area contributed by atoms with Gasteiger partial charge in [0.05, 0.1) is 16.8 Å². The van der Waals surface area contributed by atoms with E-state index >= 15 is 0 Å². The highest BCUT2D eigenvalue weighted by Crippen LogP contribution is 2.62. The molecule has 52 heavy (non-hydrogen) atoms. The quantitative estimate of drug-likeness (QED) is 0.173. The van der Waals surface area contributed by atoms with Crippen molar-refractivity contribution >= 4 is 50.4 Å². The number of nitrogens with zero attached hydrogens (tertiary/aromatic N) is 1. The Morgan fingerprint density at radius 2 is 1.50 bits per heavy atom. The van der Waals surface area contributed by atoms with Gasteiger partial charge < -0.3 is 9.64 Å². The normalized spacial score (nSPS) is 26.3. The van der Waals surface area contributed by atoms with Crippen LogP contribution in [0.15, 0.2) is 96.3 Å². The molecule has 4 heteroatoms. The molecule has 4 heterocycles. The van der Waals surface area contributed by atoms with Crippen LogP contribution in [0.5, 0.6) is 0 Å². The summed E-state index contributed by atoms with van der Waals surface area (Å²) in [5.41, 5.74) is 15.7. The van der Waals surface area contributed by atoms with Gasteiger partial charge in [-0.05, 0) is 139 Å². The first kappa shape index (κ1) is 32.9. The maximum atomic E-state index is 7.61. The summed E-state index contributed by atoms with van der Waals surface area (Å²) in [6.45, 7) is 17.3. The van der Waals surface area contributed by atoms with Gasteiger partial charge in [0.2, 0.25) is 0 Å². The average molecular weight is 702 g/mol. The molecule has 3 aliphatic heterocycles. The van der Waals surface area contributed by atoms with E-state index in [4.69, 9.17) is 4.74 Å². The molecule has 5 aliphatic rings. The van der Waals surface area contributed by atoms with Crippen molar-refractivity contribution in [1.82, 2.24) is 0 Å². The van der Waals surface area contributed by atoms with E-state index in [0.717, 1.165) is 25.7 Å². The maximum absolute atomic E-state index is 7.61. The summed E-state index contributed by atoms with van der Waals surface area (Å²) in [5.74, 6) is 0.300. The van der Waals surface area contributed by atoms with Crippen LogP contribution < -0.4 is 15.8 Å². The summed E-state index contributed by atoms with van der Waals surface area (Å²) in [5, 5.41) is 1.51. The van der Waals surface area contributed by atoms with E-state index in [1.165, 1.54) is 91.7 Å². The second-order valence-corrected chi connectivity index (χ2v) is 19.7. The number of para-hydroxylation sites is 1. The van der Waals surface area contributed by atoms with Gasteiger partial charge >= 0.3 is 0 Å². The number of aryl methyl sites for hydroxylation is 2. The third kappa shape index (κ3) is 4.49. The molecule has 1 saturated carbocycles. The van der Waals surface area contributed by atoms with Gasteiger partial charge in [0.25, 0.3) is 6.71 Å². The highest BCUT2D eigenvalue weighted by atomic mass is 32.1. The molecule has 0 bridgehead atoms. The topological polar surface area (TPSA) is 12.5 Å². The predicted molar refractivity (Wildman–Crippen MR) is 222 cm³/mol. The Kier molecular flexibility index (Phi) is 7.04. The van der Waals surface area contributed by atoms with Crippen LogP contribution in [-0.4, -0.2) is 12.3 Å². The third-order valence-electron chi connectivity index (χ3n) is 14.4. The second-order valence-electron chi connectivity index (χ2n) is 18.6. The minimum atomic E-state index is -0.231. The first-order valence-corrected chi connectivity index (χ1v) is 20.8. The first-order chi connectivity index (χ1) is 24.9. The minimum Gasteiger partial charge on any atom is -0.498 e. The molecule has 0 saturated heterocycles. The van der Waals surface area contributed by atoms with E-state index in [0.29, 0.717) is 5.92 Å².